The summed E-state index contributed by atoms with van der Waals surface area (Å²) in [5.41, 5.74) is 6.46. The molecule has 0 aliphatic rings. The third-order valence-electron chi connectivity index (χ3n) is 2.65. The molecule has 1 aromatic heterocycles. The molecule has 0 aliphatic heterocycles. The van der Waals surface area contributed by atoms with Crippen LogP contribution in [0.5, 0.6) is 5.75 Å². The van der Waals surface area contributed by atoms with E-state index >= 15 is 0 Å². The largest absolute Gasteiger partial charge is 0.496 e. The fourth-order valence-corrected chi connectivity index (χ4v) is 2.98. The lowest BCUT2D eigenvalue weighted by Gasteiger charge is -2.15. The van der Waals surface area contributed by atoms with Gasteiger partial charge in [0.05, 0.1) is 11.4 Å². The Kier molecular flexibility index (Phi) is 4.22. The van der Waals surface area contributed by atoms with Crippen molar-refractivity contribution in [2.24, 2.45) is 5.73 Å². The molecule has 5 heteroatoms. The Labute approximate surface area is 114 Å². The molecule has 2 N–H and O–H groups in total. The van der Waals surface area contributed by atoms with Crippen molar-refractivity contribution in [1.29, 1.82) is 0 Å². The molecule has 0 amide bonds. The monoisotopic (exact) mass is 285 g/mol. The van der Waals surface area contributed by atoms with E-state index in [2.05, 4.69) is 0 Å². The summed E-state index contributed by atoms with van der Waals surface area (Å²) < 4.78 is 19.7. The van der Waals surface area contributed by atoms with Crippen LogP contribution in [-0.4, -0.2) is 7.11 Å². The standard InChI is InChI=1S/C13H13ClFNOS/c1-17-11-4-2-3-9(15)13(11)10(16)7-8-5-6-12(14)18-8/h2-6,10H,7,16H2,1H3. The fraction of sp³-hybridized carbons (Fsp3) is 0.231. The summed E-state index contributed by atoms with van der Waals surface area (Å²) in [5.74, 6) is 0.134. The van der Waals surface area contributed by atoms with Gasteiger partial charge in [0.1, 0.15) is 11.6 Å². The second-order valence-corrected chi connectivity index (χ2v) is 5.67. The number of hydrogen-bond donors (Lipinski definition) is 1. The van der Waals surface area contributed by atoms with Crippen molar-refractivity contribution in [1.82, 2.24) is 0 Å². The maximum atomic E-state index is 13.8. The Balaban J connectivity index is 2.25. The summed E-state index contributed by atoms with van der Waals surface area (Å²) >= 11 is 7.31. The van der Waals surface area contributed by atoms with Crippen molar-refractivity contribution in [3.8, 4) is 5.75 Å². The average Bonchev–Trinajstić information content (AvgIpc) is 2.74. The third kappa shape index (κ3) is 2.83. The highest BCUT2D eigenvalue weighted by Gasteiger charge is 2.17. The normalized spacial score (nSPS) is 12.4. The highest BCUT2D eigenvalue weighted by atomic mass is 35.5. The summed E-state index contributed by atoms with van der Waals surface area (Å²) in [6.07, 6.45) is 0.536. The van der Waals surface area contributed by atoms with Crippen LogP contribution in [0.2, 0.25) is 4.34 Å². The van der Waals surface area contributed by atoms with E-state index in [-0.39, 0.29) is 5.82 Å². The molecule has 0 saturated carbocycles. The topological polar surface area (TPSA) is 35.2 Å². The van der Waals surface area contributed by atoms with Crippen LogP contribution in [-0.2, 0) is 6.42 Å². The highest BCUT2D eigenvalue weighted by Crippen LogP contribution is 2.31. The van der Waals surface area contributed by atoms with Gasteiger partial charge in [0.25, 0.3) is 0 Å². The molecular formula is C13H13ClFNOS. The molecule has 1 atom stereocenters. The molecule has 96 valence electrons. The van der Waals surface area contributed by atoms with Gasteiger partial charge in [0.15, 0.2) is 0 Å². The second-order valence-electron chi connectivity index (χ2n) is 3.87. The Bertz CT molecular complexity index is 544. The van der Waals surface area contributed by atoms with Crippen molar-refractivity contribution in [2.45, 2.75) is 12.5 Å². The lowest BCUT2D eigenvalue weighted by atomic mass is 10.0. The smallest absolute Gasteiger partial charge is 0.131 e. The molecule has 0 bridgehead atoms. The molecule has 18 heavy (non-hydrogen) atoms. The van der Waals surface area contributed by atoms with Crippen LogP contribution >= 0.6 is 22.9 Å². The van der Waals surface area contributed by atoms with E-state index in [9.17, 15) is 4.39 Å². The van der Waals surface area contributed by atoms with Crippen molar-refractivity contribution in [3.63, 3.8) is 0 Å². The van der Waals surface area contributed by atoms with Gasteiger partial charge < -0.3 is 10.5 Å². The minimum Gasteiger partial charge on any atom is -0.496 e. The summed E-state index contributed by atoms with van der Waals surface area (Å²) in [7, 11) is 1.51. The van der Waals surface area contributed by atoms with Crippen LogP contribution in [0.1, 0.15) is 16.5 Å². The number of hydrogen-bond acceptors (Lipinski definition) is 3. The lowest BCUT2D eigenvalue weighted by molar-refractivity contribution is 0.399. The highest BCUT2D eigenvalue weighted by molar-refractivity contribution is 7.16. The molecule has 0 fully saturated rings. The first-order chi connectivity index (χ1) is 8.61. The molecule has 1 heterocycles. The number of halogens is 2. The molecule has 0 radical (unpaired) electrons. The van der Waals surface area contributed by atoms with Gasteiger partial charge in [-0.05, 0) is 24.3 Å². The molecule has 2 rings (SSSR count). The van der Waals surface area contributed by atoms with Crippen LogP contribution in [0.15, 0.2) is 30.3 Å². The number of ether oxygens (including phenoxy) is 1. The number of rotatable bonds is 4. The fourth-order valence-electron chi connectivity index (χ4n) is 1.84. The molecule has 0 aliphatic carbocycles. The second kappa shape index (κ2) is 5.69. The molecule has 1 aromatic carbocycles. The van der Waals surface area contributed by atoms with E-state index in [0.29, 0.717) is 22.1 Å². The van der Waals surface area contributed by atoms with E-state index in [0.717, 1.165) is 4.88 Å². The minimum atomic E-state index is -0.448. The SMILES string of the molecule is COc1cccc(F)c1C(N)Cc1ccc(Cl)s1. The van der Waals surface area contributed by atoms with E-state index in [1.54, 1.807) is 12.1 Å². The first kappa shape index (κ1) is 13.3. The molecular weight excluding hydrogens is 273 g/mol. The van der Waals surface area contributed by atoms with Crippen molar-refractivity contribution >= 4 is 22.9 Å². The van der Waals surface area contributed by atoms with Gasteiger partial charge in [0, 0.05) is 22.9 Å². The maximum Gasteiger partial charge on any atom is 0.131 e. The Morgan fingerprint density at radius 2 is 2.17 bits per heavy atom. The Morgan fingerprint density at radius 1 is 1.39 bits per heavy atom. The molecule has 1 unspecified atom stereocenters. The van der Waals surface area contributed by atoms with Gasteiger partial charge in [-0.3, -0.25) is 0 Å². The zero-order valence-corrected chi connectivity index (χ0v) is 11.4. The third-order valence-corrected chi connectivity index (χ3v) is 3.91. The van der Waals surface area contributed by atoms with Gasteiger partial charge in [0.2, 0.25) is 0 Å². The van der Waals surface area contributed by atoms with Crippen LogP contribution in [0.3, 0.4) is 0 Å². The van der Waals surface area contributed by atoms with E-state index in [1.165, 1.54) is 24.5 Å². The molecule has 2 nitrogen and oxygen atoms in total. The van der Waals surface area contributed by atoms with E-state index < -0.39 is 6.04 Å². The first-order valence-corrected chi connectivity index (χ1v) is 6.63. The summed E-state index contributed by atoms with van der Waals surface area (Å²) in [6, 6.07) is 7.97. The average molecular weight is 286 g/mol. The van der Waals surface area contributed by atoms with Gasteiger partial charge in [-0.15, -0.1) is 11.3 Å². The van der Waals surface area contributed by atoms with Crippen molar-refractivity contribution in [3.05, 3.63) is 50.9 Å². The quantitative estimate of drug-likeness (QED) is 0.927. The summed E-state index contributed by atoms with van der Waals surface area (Å²) in [5, 5.41) is 0. The minimum absolute atomic E-state index is 0.343. The predicted octanol–water partition coefficient (Wildman–Crippen LogP) is 3.79. The summed E-state index contributed by atoms with van der Waals surface area (Å²) in [6.45, 7) is 0. The number of methoxy groups -OCH3 is 1. The first-order valence-electron chi connectivity index (χ1n) is 5.44. The van der Waals surface area contributed by atoms with Gasteiger partial charge in [-0.2, -0.15) is 0 Å². The number of thiophene rings is 1. The van der Waals surface area contributed by atoms with Crippen LogP contribution < -0.4 is 10.5 Å². The predicted molar refractivity (Wildman–Crippen MR) is 72.9 cm³/mol. The van der Waals surface area contributed by atoms with Crippen molar-refractivity contribution < 1.29 is 9.13 Å². The van der Waals surface area contributed by atoms with Gasteiger partial charge in [-0.1, -0.05) is 17.7 Å². The van der Waals surface area contributed by atoms with E-state index in [4.69, 9.17) is 22.1 Å². The van der Waals surface area contributed by atoms with Crippen LogP contribution in [0.25, 0.3) is 0 Å². The van der Waals surface area contributed by atoms with Crippen LogP contribution in [0, 0.1) is 5.82 Å². The molecule has 0 saturated heterocycles. The number of benzene rings is 1. The Morgan fingerprint density at radius 3 is 2.78 bits per heavy atom. The van der Waals surface area contributed by atoms with Crippen molar-refractivity contribution in [2.75, 3.05) is 7.11 Å². The van der Waals surface area contributed by atoms with Gasteiger partial charge >= 0.3 is 0 Å². The van der Waals surface area contributed by atoms with Gasteiger partial charge in [-0.25, -0.2) is 4.39 Å². The zero-order chi connectivity index (χ0) is 13.1. The van der Waals surface area contributed by atoms with E-state index in [1.807, 2.05) is 12.1 Å². The maximum absolute atomic E-state index is 13.8. The molecule has 0 spiro atoms. The lowest BCUT2D eigenvalue weighted by Crippen LogP contribution is -2.15. The van der Waals surface area contributed by atoms with Crippen LogP contribution in [0.4, 0.5) is 4.39 Å². The molecule has 2 aromatic rings. The zero-order valence-electron chi connectivity index (χ0n) is 9.82. The number of nitrogens with two attached hydrogens (primary N) is 1. The Hall–Kier alpha value is -1.10. The summed E-state index contributed by atoms with van der Waals surface area (Å²) in [4.78, 5) is 1.03.